The molecule has 0 heterocycles. The highest BCUT2D eigenvalue weighted by atomic mass is 79.9. The van der Waals surface area contributed by atoms with Gasteiger partial charge in [0.05, 0.1) is 16.5 Å². The van der Waals surface area contributed by atoms with Crippen LogP contribution in [0.4, 0.5) is 5.69 Å². The van der Waals surface area contributed by atoms with Crippen LogP contribution < -0.4 is 10.1 Å². The molecule has 0 aliphatic heterocycles. The van der Waals surface area contributed by atoms with Gasteiger partial charge in [-0.3, -0.25) is 20.2 Å². The molecule has 0 radical (unpaired) electrons. The number of nitrogens with zero attached hydrogens (tertiary/aromatic N) is 1. The lowest BCUT2D eigenvalue weighted by Crippen LogP contribution is -2.43. The number of hydrogen-bond donors (Lipinski definition) is 1. The quantitative estimate of drug-likeness (QED) is 0.455. The van der Waals surface area contributed by atoms with Gasteiger partial charge in [-0.15, -0.1) is 0 Å². The molecule has 0 bridgehead atoms. The minimum atomic E-state index is -0.644. The van der Waals surface area contributed by atoms with E-state index in [2.05, 4.69) is 21.2 Å². The highest BCUT2D eigenvalue weighted by molar-refractivity contribution is 9.10. The second kappa shape index (κ2) is 6.86. The Morgan fingerprint density at radius 3 is 2.86 bits per heavy atom. The summed E-state index contributed by atoms with van der Waals surface area (Å²) in [6.45, 7) is -0.0351. The maximum atomic E-state index is 11.7. The first-order chi connectivity index (χ1) is 10.0. The highest BCUT2D eigenvalue weighted by Gasteiger charge is 2.30. The van der Waals surface area contributed by atoms with Crippen molar-refractivity contribution in [1.82, 2.24) is 5.32 Å². The number of halogens is 1. The Balaban J connectivity index is 2.09. The first kappa shape index (κ1) is 15.7. The number of carbonyl (C=O) groups is 1. The molecule has 21 heavy (non-hydrogen) atoms. The maximum Gasteiger partial charge on any atom is 0.326 e. The number of rotatable bonds is 7. The van der Waals surface area contributed by atoms with Crippen LogP contribution in [0.1, 0.15) is 12.8 Å². The Bertz CT molecular complexity index is 547. The molecule has 1 fully saturated rings. The van der Waals surface area contributed by atoms with Gasteiger partial charge in [-0.05, 0) is 34.8 Å². The average Bonchev–Trinajstić information content (AvgIpc) is 3.27. The van der Waals surface area contributed by atoms with Crippen molar-refractivity contribution in [2.75, 3.05) is 13.7 Å². The SMILES string of the molecule is COC(=O)C(COc1c(Br)cccc1[N+](=O)[O-])NC1CC1. The molecule has 7 nitrogen and oxygen atoms in total. The van der Waals surface area contributed by atoms with Crippen LogP contribution in [0.3, 0.4) is 0 Å². The Morgan fingerprint density at radius 1 is 1.57 bits per heavy atom. The molecule has 0 spiro atoms. The number of ether oxygens (including phenoxy) is 2. The molecule has 1 aromatic rings. The van der Waals surface area contributed by atoms with Gasteiger partial charge in [0.15, 0.2) is 0 Å². The molecule has 1 aliphatic carbocycles. The fourth-order valence-corrected chi connectivity index (χ4v) is 2.28. The second-order valence-electron chi connectivity index (χ2n) is 4.67. The van der Waals surface area contributed by atoms with Crippen LogP contribution in [0.15, 0.2) is 22.7 Å². The van der Waals surface area contributed by atoms with Gasteiger partial charge in [-0.25, -0.2) is 0 Å². The predicted octanol–water partition coefficient (Wildman–Crippen LogP) is 2.03. The van der Waals surface area contributed by atoms with Crippen molar-refractivity contribution in [2.45, 2.75) is 24.9 Å². The van der Waals surface area contributed by atoms with E-state index in [0.717, 1.165) is 12.8 Å². The lowest BCUT2D eigenvalue weighted by Gasteiger charge is -2.17. The van der Waals surface area contributed by atoms with Gasteiger partial charge in [0.2, 0.25) is 5.75 Å². The van der Waals surface area contributed by atoms with E-state index in [-0.39, 0.29) is 24.1 Å². The topological polar surface area (TPSA) is 90.7 Å². The molecule has 114 valence electrons. The average molecular weight is 359 g/mol. The molecule has 8 heteroatoms. The molecular weight excluding hydrogens is 344 g/mol. The highest BCUT2D eigenvalue weighted by Crippen LogP contribution is 2.34. The summed E-state index contributed by atoms with van der Waals surface area (Å²) >= 11 is 3.22. The van der Waals surface area contributed by atoms with Gasteiger partial charge in [0, 0.05) is 12.1 Å². The predicted molar refractivity (Wildman–Crippen MR) is 78.3 cm³/mol. The number of carbonyl (C=O) groups excluding carboxylic acids is 1. The molecule has 1 N–H and O–H groups in total. The summed E-state index contributed by atoms with van der Waals surface area (Å²) in [5.74, 6) is -0.342. The van der Waals surface area contributed by atoms with Crippen LogP contribution in [-0.2, 0) is 9.53 Å². The van der Waals surface area contributed by atoms with Crippen LogP contribution in [0.5, 0.6) is 5.75 Å². The van der Waals surface area contributed by atoms with Crippen molar-refractivity contribution in [3.05, 3.63) is 32.8 Å². The zero-order chi connectivity index (χ0) is 15.4. The first-order valence-corrected chi connectivity index (χ1v) is 7.21. The van der Waals surface area contributed by atoms with E-state index >= 15 is 0 Å². The van der Waals surface area contributed by atoms with Gasteiger partial charge in [-0.1, -0.05) is 6.07 Å². The second-order valence-corrected chi connectivity index (χ2v) is 5.53. The molecule has 0 aromatic heterocycles. The van der Waals surface area contributed by atoms with E-state index in [1.165, 1.54) is 13.2 Å². The van der Waals surface area contributed by atoms with Crippen molar-refractivity contribution < 1.29 is 19.2 Å². The fraction of sp³-hybridized carbons (Fsp3) is 0.462. The molecular formula is C13H15BrN2O5. The van der Waals surface area contributed by atoms with Crippen molar-refractivity contribution in [3.63, 3.8) is 0 Å². The Kier molecular flexibility index (Phi) is 5.13. The third kappa shape index (κ3) is 4.15. The van der Waals surface area contributed by atoms with Crippen molar-refractivity contribution in [2.24, 2.45) is 0 Å². The third-order valence-electron chi connectivity index (χ3n) is 3.04. The van der Waals surface area contributed by atoms with Crippen LogP contribution in [-0.4, -0.2) is 36.7 Å². The summed E-state index contributed by atoms with van der Waals surface area (Å²) in [7, 11) is 1.30. The van der Waals surface area contributed by atoms with E-state index in [0.29, 0.717) is 4.47 Å². The Morgan fingerprint density at radius 2 is 2.29 bits per heavy atom. The van der Waals surface area contributed by atoms with Gasteiger partial charge in [-0.2, -0.15) is 0 Å². The summed E-state index contributed by atoms with van der Waals surface area (Å²) in [6.07, 6.45) is 2.01. The Labute approximate surface area is 129 Å². The van der Waals surface area contributed by atoms with Crippen LogP contribution >= 0.6 is 15.9 Å². The number of nitro benzene ring substituents is 1. The van der Waals surface area contributed by atoms with Gasteiger partial charge < -0.3 is 9.47 Å². The number of benzene rings is 1. The molecule has 1 aliphatic rings. The van der Waals surface area contributed by atoms with Gasteiger partial charge >= 0.3 is 11.7 Å². The zero-order valence-corrected chi connectivity index (χ0v) is 13.0. The van der Waals surface area contributed by atoms with E-state index in [4.69, 9.17) is 9.47 Å². The molecule has 2 rings (SSSR count). The van der Waals surface area contributed by atoms with Crippen molar-refractivity contribution >= 4 is 27.6 Å². The minimum absolute atomic E-state index is 0.0351. The molecule has 1 unspecified atom stereocenters. The maximum absolute atomic E-state index is 11.7. The summed E-state index contributed by atoms with van der Waals surface area (Å²) < 4.78 is 10.7. The van der Waals surface area contributed by atoms with E-state index < -0.39 is 16.9 Å². The van der Waals surface area contributed by atoms with Crippen molar-refractivity contribution in [3.8, 4) is 5.75 Å². The summed E-state index contributed by atoms with van der Waals surface area (Å²) in [4.78, 5) is 22.2. The molecule has 1 saturated carbocycles. The Hall–Kier alpha value is -1.67. The number of methoxy groups -OCH3 is 1. The van der Waals surface area contributed by atoms with E-state index in [1.807, 2.05) is 0 Å². The molecule has 0 amide bonds. The normalized spacial score (nSPS) is 15.3. The number of para-hydroxylation sites is 1. The lowest BCUT2D eigenvalue weighted by atomic mass is 10.3. The lowest BCUT2D eigenvalue weighted by molar-refractivity contribution is -0.386. The zero-order valence-electron chi connectivity index (χ0n) is 11.4. The standard InChI is InChI=1S/C13H15BrN2O5/c1-20-13(17)10(15-8-5-6-8)7-21-12-9(14)3-2-4-11(12)16(18)19/h2-4,8,10,15H,5-7H2,1H3. The smallest absolute Gasteiger partial charge is 0.326 e. The fourth-order valence-electron chi connectivity index (χ4n) is 1.81. The number of nitro groups is 1. The van der Waals surface area contributed by atoms with E-state index in [9.17, 15) is 14.9 Å². The van der Waals surface area contributed by atoms with E-state index in [1.54, 1.807) is 12.1 Å². The van der Waals surface area contributed by atoms with Crippen LogP contribution in [0.25, 0.3) is 0 Å². The first-order valence-electron chi connectivity index (χ1n) is 6.42. The number of nitrogens with one attached hydrogen (secondary N) is 1. The number of esters is 1. The minimum Gasteiger partial charge on any atom is -0.484 e. The summed E-state index contributed by atoms with van der Waals surface area (Å²) in [6, 6.07) is 4.18. The summed E-state index contributed by atoms with van der Waals surface area (Å²) in [5.41, 5.74) is -0.153. The van der Waals surface area contributed by atoms with Gasteiger partial charge in [0.25, 0.3) is 0 Å². The number of hydrogen-bond acceptors (Lipinski definition) is 6. The summed E-state index contributed by atoms with van der Waals surface area (Å²) in [5, 5.41) is 14.1. The van der Waals surface area contributed by atoms with Crippen LogP contribution in [0.2, 0.25) is 0 Å². The third-order valence-corrected chi connectivity index (χ3v) is 3.66. The monoisotopic (exact) mass is 358 g/mol. The van der Waals surface area contributed by atoms with Crippen molar-refractivity contribution in [1.29, 1.82) is 0 Å². The molecule has 1 aromatic carbocycles. The molecule has 1 atom stereocenters. The van der Waals surface area contributed by atoms with Crippen LogP contribution in [0, 0.1) is 10.1 Å². The molecule has 0 saturated heterocycles. The largest absolute Gasteiger partial charge is 0.484 e. The van der Waals surface area contributed by atoms with Gasteiger partial charge in [0.1, 0.15) is 12.6 Å².